The molecule has 1 aromatic heterocycles. The lowest BCUT2D eigenvalue weighted by atomic mass is 10.1. The third-order valence-electron chi connectivity index (χ3n) is 4.57. The molecule has 9 heteroatoms. The fraction of sp³-hybridized carbons (Fsp3) is 0.160. The highest BCUT2D eigenvalue weighted by Gasteiger charge is 2.15. The summed E-state index contributed by atoms with van der Waals surface area (Å²) in [5.41, 5.74) is 1.14. The minimum atomic E-state index is -1.03. The van der Waals surface area contributed by atoms with Crippen molar-refractivity contribution in [1.82, 2.24) is 5.32 Å². The molecule has 0 radical (unpaired) electrons. The molecule has 34 heavy (non-hydrogen) atoms. The Bertz CT molecular complexity index is 1240. The van der Waals surface area contributed by atoms with Crippen LogP contribution in [0.2, 0.25) is 5.02 Å². The highest BCUT2D eigenvalue weighted by molar-refractivity contribution is 6.32. The zero-order chi connectivity index (χ0) is 24.5. The summed E-state index contributed by atoms with van der Waals surface area (Å²) in [6, 6.07) is 14.8. The molecule has 0 unspecified atom stereocenters. The Morgan fingerprint density at radius 3 is 2.71 bits per heavy atom. The molecule has 0 aliphatic rings. The van der Waals surface area contributed by atoms with Crippen LogP contribution in [0, 0.1) is 11.3 Å². The molecule has 0 saturated heterocycles. The predicted molar refractivity (Wildman–Crippen MR) is 124 cm³/mol. The van der Waals surface area contributed by atoms with E-state index < -0.39 is 11.9 Å². The van der Waals surface area contributed by atoms with Crippen molar-refractivity contribution in [2.45, 2.75) is 20.1 Å². The molecule has 3 aromatic rings. The molecule has 8 nitrogen and oxygen atoms in total. The Kier molecular flexibility index (Phi) is 8.32. The van der Waals surface area contributed by atoms with Gasteiger partial charge in [0.1, 0.15) is 24.0 Å². The lowest BCUT2D eigenvalue weighted by Gasteiger charge is -2.15. The van der Waals surface area contributed by atoms with Gasteiger partial charge in [-0.15, -0.1) is 0 Å². The predicted octanol–water partition coefficient (Wildman–Crippen LogP) is 4.83. The molecule has 2 aromatic carbocycles. The van der Waals surface area contributed by atoms with Gasteiger partial charge >= 0.3 is 5.97 Å². The molecule has 1 amide bonds. The molecule has 0 saturated carbocycles. The van der Waals surface area contributed by atoms with E-state index in [1.54, 1.807) is 43.3 Å². The van der Waals surface area contributed by atoms with E-state index in [1.165, 1.54) is 24.5 Å². The van der Waals surface area contributed by atoms with Crippen LogP contribution in [0.1, 0.15) is 34.2 Å². The Morgan fingerprint density at radius 1 is 1.21 bits per heavy atom. The van der Waals surface area contributed by atoms with Crippen LogP contribution in [-0.2, 0) is 17.9 Å². The molecule has 0 aliphatic carbocycles. The number of furan rings is 1. The number of rotatable bonds is 10. The van der Waals surface area contributed by atoms with Gasteiger partial charge in [-0.05, 0) is 60.5 Å². The quantitative estimate of drug-likeness (QED) is 0.314. The maximum atomic E-state index is 12.4. The van der Waals surface area contributed by atoms with Gasteiger partial charge in [0.15, 0.2) is 11.5 Å². The number of halogens is 1. The van der Waals surface area contributed by atoms with Crippen molar-refractivity contribution < 1.29 is 28.6 Å². The van der Waals surface area contributed by atoms with Gasteiger partial charge in [-0.2, -0.15) is 5.26 Å². The van der Waals surface area contributed by atoms with Crippen molar-refractivity contribution in [3.05, 3.63) is 87.8 Å². The first-order chi connectivity index (χ1) is 16.4. The number of nitrogens with one attached hydrogen (secondary N) is 1. The number of carbonyl (C=O) groups excluding carboxylic acids is 1. The molecule has 174 valence electrons. The number of nitrogens with zero attached hydrogens (tertiary/aromatic N) is 1. The third kappa shape index (κ3) is 6.40. The zero-order valence-corrected chi connectivity index (χ0v) is 19.0. The summed E-state index contributed by atoms with van der Waals surface area (Å²) in [6.07, 6.45) is 2.89. The first-order valence-electron chi connectivity index (χ1n) is 10.2. The number of carbonyl (C=O) groups is 2. The Morgan fingerprint density at radius 2 is 2.03 bits per heavy atom. The molecule has 0 aliphatic heterocycles. The van der Waals surface area contributed by atoms with Gasteiger partial charge in [0, 0.05) is 0 Å². The number of aromatic carboxylic acids is 1. The fourth-order valence-corrected chi connectivity index (χ4v) is 3.29. The van der Waals surface area contributed by atoms with Crippen molar-refractivity contribution in [3.63, 3.8) is 0 Å². The van der Waals surface area contributed by atoms with Crippen LogP contribution in [0.15, 0.2) is 64.8 Å². The van der Waals surface area contributed by atoms with Gasteiger partial charge in [0.05, 0.1) is 30.0 Å². The van der Waals surface area contributed by atoms with E-state index in [4.69, 9.17) is 30.6 Å². The van der Waals surface area contributed by atoms with E-state index in [2.05, 4.69) is 5.32 Å². The van der Waals surface area contributed by atoms with Crippen molar-refractivity contribution >= 4 is 29.6 Å². The van der Waals surface area contributed by atoms with E-state index in [0.29, 0.717) is 29.2 Å². The number of ether oxygens (including phenoxy) is 2. The number of amides is 1. The highest BCUT2D eigenvalue weighted by atomic mass is 35.5. The van der Waals surface area contributed by atoms with Crippen LogP contribution in [0.4, 0.5) is 0 Å². The summed E-state index contributed by atoms with van der Waals surface area (Å²) in [6.45, 7) is 2.32. The molecular formula is C25H21ClN2O6. The van der Waals surface area contributed by atoms with Gasteiger partial charge in [-0.1, -0.05) is 23.7 Å². The van der Waals surface area contributed by atoms with Crippen LogP contribution in [0.3, 0.4) is 0 Å². The minimum absolute atomic E-state index is 0.0642. The summed E-state index contributed by atoms with van der Waals surface area (Å²) >= 11 is 6.43. The standard InChI is InChI=1S/C25H21ClN2O6/c1-2-32-22-12-17(10-19(13-27)24(29)28-14-20-7-4-8-33-20)11-21(26)23(22)34-15-16-5-3-6-18(9-16)25(30)31/h3-12H,2,14-15H2,1H3,(H,28,29)(H,30,31). The van der Waals surface area contributed by atoms with E-state index in [0.717, 1.165) is 0 Å². The first kappa shape index (κ1) is 24.4. The SMILES string of the molecule is CCOc1cc(C=C(C#N)C(=O)NCc2ccco2)cc(Cl)c1OCc1cccc(C(=O)O)c1. The summed E-state index contributed by atoms with van der Waals surface area (Å²) in [5.74, 6) is -0.451. The maximum Gasteiger partial charge on any atom is 0.335 e. The molecule has 0 fully saturated rings. The summed E-state index contributed by atoms with van der Waals surface area (Å²) in [7, 11) is 0. The minimum Gasteiger partial charge on any atom is -0.490 e. The van der Waals surface area contributed by atoms with Gasteiger partial charge < -0.3 is 24.3 Å². The average molecular weight is 481 g/mol. The number of benzene rings is 2. The summed E-state index contributed by atoms with van der Waals surface area (Å²) in [4.78, 5) is 23.6. The van der Waals surface area contributed by atoms with Crippen molar-refractivity contribution in [3.8, 4) is 17.6 Å². The van der Waals surface area contributed by atoms with Gasteiger partial charge in [0.2, 0.25) is 0 Å². The molecule has 0 spiro atoms. The number of carboxylic acids is 1. The topological polar surface area (TPSA) is 122 Å². The van der Waals surface area contributed by atoms with Crippen LogP contribution in [0.5, 0.6) is 11.5 Å². The van der Waals surface area contributed by atoms with Gasteiger partial charge in [-0.25, -0.2) is 4.79 Å². The number of carboxylic acid groups (broad SMARTS) is 1. The summed E-state index contributed by atoms with van der Waals surface area (Å²) < 4.78 is 16.6. The molecule has 0 bridgehead atoms. The second-order valence-electron chi connectivity index (χ2n) is 6.99. The van der Waals surface area contributed by atoms with Crippen molar-refractivity contribution in [1.29, 1.82) is 5.26 Å². The number of hydrogen-bond donors (Lipinski definition) is 2. The molecule has 2 N–H and O–H groups in total. The van der Waals surface area contributed by atoms with Gasteiger partial charge in [0.25, 0.3) is 5.91 Å². The lowest BCUT2D eigenvalue weighted by Crippen LogP contribution is -2.23. The third-order valence-corrected chi connectivity index (χ3v) is 4.85. The van der Waals surface area contributed by atoms with Crippen LogP contribution < -0.4 is 14.8 Å². The van der Waals surface area contributed by atoms with Crippen LogP contribution in [0.25, 0.3) is 6.08 Å². The fourth-order valence-electron chi connectivity index (χ4n) is 3.01. The Labute approximate surface area is 201 Å². The van der Waals surface area contributed by atoms with Crippen molar-refractivity contribution in [2.24, 2.45) is 0 Å². The highest BCUT2D eigenvalue weighted by Crippen LogP contribution is 2.38. The molecule has 0 atom stereocenters. The van der Waals surface area contributed by atoms with Crippen LogP contribution >= 0.6 is 11.6 Å². The zero-order valence-electron chi connectivity index (χ0n) is 18.2. The lowest BCUT2D eigenvalue weighted by molar-refractivity contribution is -0.117. The number of hydrogen-bond acceptors (Lipinski definition) is 6. The molecule has 3 rings (SSSR count). The van der Waals surface area contributed by atoms with Gasteiger partial charge in [-0.3, -0.25) is 4.79 Å². The Hall–Kier alpha value is -4.22. The smallest absolute Gasteiger partial charge is 0.335 e. The maximum absolute atomic E-state index is 12.4. The van der Waals surface area contributed by atoms with E-state index in [1.807, 2.05) is 6.07 Å². The normalized spacial score (nSPS) is 10.9. The second-order valence-corrected chi connectivity index (χ2v) is 7.40. The largest absolute Gasteiger partial charge is 0.490 e. The van der Waals surface area contributed by atoms with E-state index >= 15 is 0 Å². The van der Waals surface area contributed by atoms with E-state index in [9.17, 15) is 14.9 Å². The second kappa shape index (κ2) is 11.6. The van der Waals surface area contributed by atoms with Crippen LogP contribution in [-0.4, -0.2) is 23.6 Å². The monoisotopic (exact) mass is 480 g/mol. The molecule has 1 heterocycles. The number of nitriles is 1. The Balaban J connectivity index is 1.80. The van der Waals surface area contributed by atoms with Crippen molar-refractivity contribution in [2.75, 3.05) is 6.61 Å². The van der Waals surface area contributed by atoms with E-state index in [-0.39, 0.29) is 35.1 Å². The molecular weight excluding hydrogens is 460 g/mol. The average Bonchev–Trinajstić information content (AvgIpc) is 3.34. The first-order valence-corrected chi connectivity index (χ1v) is 10.6. The summed E-state index contributed by atoms with van der Waals surface area (Å²) in [5, 5.41) is 21.4.